The predicted molar refractivity (Wildman–Crippen MR) is 59.4 cm³/mol. The molecule has 0 bridgehead atoms. The summed E-state index contributed by atoms with van der Waals surface area (Å²) in [5.41, 5.74) is 7.23. The van der Waals surface area contributed by atoms with Crippen LogP contribution in [0.15, 0.2) is 24.3 Å². The molecule has 0 unspecified atom stereocenters. The molecule has 0 heterocycles. The van der Waals surface area contributed by atoms with Crippen molar-refractivity contribution in [1.29, 1.82) is 0 Å². The van der Waals surface area contributed by atoms with E-state index < -0.39 is 0 Å². The second kappa shape index (κ2) is 5.01. The molecule has 0 radical (unpaired) electrons. The molecule has 2 nitrogen and oxygen atoms in total. The maximum Gasteiger partial charge on any atom is 0.118 e. The van der Waals surface area contributed by atoms with Gasteiger partial charge in [-0.1, -0.05) is 26.0 Å². The zero-order valence-electron chi connectivity index (χ0n) is 9.16. The normalized spacial score (nSPS) is 12.9. The molecule has 0 spiro atoms. The van der Waals surface area contributed by atoms with Gasteiger partial charge in [0.1, 0.15) is 5.75 Å². The van der Waals surface area contributed by atoms with Gasteiger partial charge in [-0.15, -0.1) is 0 Å². The molecule has 1 aromatic rings. The van der Waals surface area contributed by atoms with Gasteiger partial charge in [0, 0.05) is 6.04 Å². The van der Waals surface area contributed by atoms with Gasteiger partial charge >= 0.3 is 0 Å². The molecule has 1 aromatic carbocycles. The van der Waals surface area contributed by atoms with E-state index in [1.807, 2.05) is 24.3 Å². The summed E-state index contributed by atoms with van der Waals surface area (Å²) in [4.78, 5) is 0. The van der Waals surface area contributed by atoms with Crippen LogP contribution in [0.2, 0.25) is 0 Å². The molecule has 0 saturated carbocycles. The van der Waals surface area contributed by atoms with Gasteiger partial charge in [-0.05, 0) is 30.0 Å². The molecule has 78 valence electrons. The third-order valence-electron chi connectivity index (χ3n) is 2.27. The Kier molecular flexibility index (Phi) is 3.96. The molecule has 1 rings (SSSR count). The lowest BCUT2D eigenvalue weighted by molar-refractivity contribution is 0.414. The van der Waals surface area contributed by atoms with Gasteiger partial charge in [0.2, 0.25) is 0 Å². The maximum absolute atomic E-state index is 6.05. The van der Waals surface area contributed by atoms with Crippen molar-refractivity contribution >= 4 is 0 Å². The van der Waals surface area contributed by atoms with Crippen molar-refractivity contribution in [3.05, 3.63) is 29.8 Å². The predicted octanol–water partition coefficient (Wildman–Crippen LogP) is 2.74. The van der Waals surface area contributed by atoms with E-state index in [0.717, 1.165) is 12.2 Å². The number of hydrogen-bond donors (Lipinski definition) is 1. The van der Waals surface area contributed by atoms with Crippen LogP contribution in [0.5, 0.6) is 5.75 Å². The molecule has 0 aliphatic rings. The van der Waals surface area contributed by atoms with E-state index in [1.165, 1.54) is 5.56 Å². The largest absolute Gasteiger partial charge is 0.497 e. The fourth-order valence-corrected chi connectivity index (χ4v) is 1.50. The molecular formula is C12H19NO. The molecule has 0 aromatic heterocycles. The van der Waals surface area contributed by atoms with Gasteiger partial charge in [-0.2, -0.15) is 0 Å². The summed E-state index contributed by atoms with van der Waals surface area (Å²) >= 11 is 0. The molecule has 0 aliphatic carbocycles. The third kappa shape index (κ3) is 3.04. The number of methoxy groups -OCH3 is 1. The van der Waals surface area contributed by atoms with Gasteiger partial charge < -0.3 is 10.5 Å². The first-order chi connectivity index (χ1) is 6.63. The second-order valence-corrected chi connectivity index (χ2v) is 4.01. The standard InChI is InChI=1S/C12H19NO/c1-9(2)8-12(13)10-4-6-11(14-3)7-5-10/h4-7,9,12H,8,13H2,1-3H3/t12-/m1/s1. The highest BCUT2D eigenvalue weighted by atomic mass is 16.5. The summed E-state index contributed by atoms with van der Waals surface area (Å²) in [5.74, 6) is 1.51. The Morgan fingerprint density at radius 1 is 1.21 bits per heavy atom. The molecule has 0 amide bonds. The third-order valence-corrected chi connectivity index (χ3v) is 2.27. The molecule has 2 N–H and O–H groups in total. The highest BCUT2D eigenvalue weighted by molar-refractivity contribution is 5.28. The monoisotopic (exact) mass is 193 g/mol. The molecule has 0 aliphatic heterocycles. The number of hydrogen-bond acceptors (Lipinski definition) is 2. The first-order valence-electron chi connectivity index (χ1n) is 5.03. The van der Waals surface area contributed by atoms with Crippen LogP contribution in [0.25, 0.3) is 0 Å². The van der Waals surface area contributed by atoms with E-state index in [2.05, 4.69) is 13.8 Å². The van der Waals surface area contributed by atoms with Crippen LogP contribution in [0.4, 0.5) is 0 Å². The van der Waals surface area contributed by atoms with Crippen LogP contribution < -0.4 is 10.5 Å². The van der Waals surface area contributed by atoms with E-state index in [-0.39, 0.29) is 6.04 Å². The summed E-state index contributed by atoms with van der Waals surface area (Å²) in [6, 6.07) is 8.11. The lowest BCUT2D eigenvalue weighted by atomic mass is 9.98. The number of benzene rings is 1. The SMILES string of the molecule is COc1ccc([C@H](N)CC(C)C)cc1. The Morgan fingerprint density at radius 2 is 1.79 bits per heavy atom. The molecule has 14 heavy (non-hydrogen) atoms. The summed E-state index contributed by atoms with van der Waals surface area (Å²) in [7, 11) is 1.67. The number of rotatable bonds is 4. The van der Waals surface area contributed by atoms with Crippen molar-refractivity contribution in [2.75, 3.05) is 7.11 Å². The average molecular weight is 193 g/mol. The van der Waals surface area contributed by atoms with Gasteiger partial charge in [-0.25, -0.2) is 0 Å². The van der Waals surface area contributed by atoms with Gasteiger partial charge in [0.15, 0.2) is 0 Å². The smallest absolute Gasteiger partial charge is 0.118 e. The molecular weight excluding hydrogens is 174 g/mol. The molecule has 0 saturated heterocycles. The van der Waals surface area contributed by atoms with Crippen LogP contribution >= 0.6 is 0 Å². The first-order valence-corrected chi connectivity index (χ1v) is 5.03. The van der Waals surface area contributed by atoms with E-state index in [9.17, 15) is 0 Å². The topological polar surface area (TPSA) is 35.2 Å². The van der Waals surface area contributed by atoms with Crippen LogP contribution in [0, 0.1) is 5.92 Å². The summed E-state index contributed by atoms with van der Waals surface area (Å²) < 4.78 is 5.09. The Hall–Kier alpha value is -1.02. The van der Waals surface area contributed by atoms with Crippen molar-refractivity contribution in [1.82, 2.24) is 0 Å². The second-order valence-electron chi connectivity index (χ2n) is 4.01. The summed E-state index contributed by atoms with van der Waals surface area (Å²) in [6.07, 6.45) is 1.02. The zero-order valence-corrected chi connectivity index (χ0v) is 9.16. The van der Waals surface area contributed by atoms with Crippen LogP contribution in [0.1, 0.15) is 31.9 Å². The maximum atomic E-state index is 6.05. The Labute approximate surface area is 86.1 Å². The number of ether oxygens (including phenoxy) is 1. The first kappa shape index (κ1) is 11.1. The van der Waals surface area contributed by atoms with Crippen LogP contribution in [-0.2, 0) is 0 Å². The minimum Gasteiger partial charge on any atom is -0.497 e. The van der Waals surface area contributed by atoms with E-state index in [1.54, 1.807) is 7.11 Å². The Balaban J connectivity index is 2.66. The summed E-state index contributed by atoms with van der Waals surface area (Å²) in [6.45, 7) is 4.37. The highest BCUT2D eigenvalue weighted by Gasteiger charge is 2.07. The van der Waals surface area contributed by atoms with Crippen molar-refractivity contribution in [2.45, 2.75) is 26.3 Å². The van der Waals surface area contributed by atoms with Crippen molar-refractivity contribution in [3.8, 4) is 5.75 Å². The van der Waals surface area contributed by atoms with Gasteiger partial charge in [0.25, 0.3) is 0 Å². The minimum absolute atomic E-state index is 0.140. The molecule has 0 fully saturated rings. The van der Waals surface area contributed by atoms with Crippen molar-refractivity contribution < 1.29 is 4.74 Å². The number of nitrogens with two attached hydrogens (primary N) is 1. The van der Waals surface area contributed by atoms with E-state index in [0.29, 0.717) is 5.92 Å². The van der Waals surface area contributed by atoms with Crippen molar-refractivity contribution in [2.24, 2.45) is 11.7 Å². The quantitative estimate of drug-likeness (QED) is 0.798. The minimum atomic E-state index is 0.140. The summed E-state index contributed by atoms with van der Waals surface area (Å²) in [5, 5.41) is 0. The zero-order chi connectivity index (χ0) is 10.6. The Bertz CT molecular complexity index is 266. The average Bonchev–Trinajstić information content (AvgIpc) is 2.17. The van der Waals surface area contributed by atoms with Crippen LogP contribution in [0.3, 0.4) is 0 Å². The lowest BCUT2D eigenvalue weighted by Crippen LogP contribution is -2.12. The highest BCUT2D eigenvalue weighted by Crippen LogP contribution is 2.20. The van der Waals surface area contributed by atoms with E-state index in [4.69, 9.17) is 10.5 Å². The van der Waals surface area contributed by atoms with Gasteiger partial charge in [0.05, 0.1) is 7.11 Å². The van der Waals surface area contributed by atoms with Gasteiger partial charge in [-0.3, -0.25) is 0 Å². The fourth-order valence-electron chi connectivity index (χ4n) is 1.50. The molecule has 2 heteroatoms. The van der Waals surface area contributed by atoms with E-state index >= 15 is 0 Å². The lowest BCUT2D eigenvalue weighted by Gasteiger charge is -2.14. The fraction of sp³-hybridized carbons (Fsp3) is 0.500. The Morgan fingerprint density at radius 3 is 2.21 bits per heavy atom. The van der Waals surface area contributed by atoms with Crippen LogP contribution in [-0.4, -0.2) is 7.11 Å². The molecule has 1 atom stereocenters. The van der Waals surface area contributed by atoms with Crippen molar-refractivity contribution in [3.63, 3.8) is 0 Å².